The summed E-state index contributed by atoms with van der Waals surface area (Å²) in [5.74, 6) is -0.533. The van der Waals surface area contributed by atoms with Crippen LogP contribution in [-0.2, 0) is 9.59 Å². The second-order valence-electron chi connectivity index (χ2n) is 2.87. The molecule has 0 radical (unpaired) electrons. The zero-order valence-electron chi connectivity index (χ0n) is 7.72. The van der Waals surface area contributed by atoms with E-state index in [0.717, 1.165) is 4.90 Å². The minimum atomic E-state index is -2.52. The first-order chi connectivity index (χ1) is 5.93. The molecule has 0 saturated carbocycles. The van der Waals surface area contributed by atoms with Gasteiger partial charge in [-0.3, -0.25) is 4.79 Å². The second-order valence-corrected chi connectivity index (χ2v) is 2.87. The summed E-state index contributed by atoms with van der Waals surface area (Å²) in [4.78, 5) is 22.4. The number of halogens is 2. The number of carbonyl (C=O) groups is 2. The molecule has 0 aliphatic heterocycles. The van der Waals surface area contributed by atoms with Crippen molar-refractivity contribution < 1.29 is 18.4 Å². The summed E-state index contributed by atoms with van der Waals surface area (Å²) in [6.07, 6.45) is -2.39. The Balaban J connectivity index is 3.76. The van der Waals surface area contributed by atoms with Gasteiger partial charge in [0.25, 0.3) is 6.43 Å². The Hall–Kier alpha value is -1.00. The van der Waals surface area contributed by atoms with E-state index in [4.69, 9.17) is 0 Å². The first kappa shape index (κ1) is 12.0. The van der Waals surface area contributed by atoms with Crippen molar-refractivity contribution in [2.75, 3.05) is 13.6 Å². The number of nitrogens with zero attached hydrogens (tertiary/aromatic N) is 1. The fourth-order valence-corrected chi connectivity index (χ4v) is 0.783. The van der Waals surface area contributed by atoms with Crippen LogP contribution in [0.2, 0.25) is 0 Å². The molecule has 0 rings (SSSR count). The highest BCUT2D eigenvalue weighted by Crippen LogP contribution is 2.00. The number of hydrogen-bond donors (Lipinski definition) is 0. The molecule has 5 heteroatoms. The Labute approximate surface area is 75.7 Å². The third kappa shape index (κ3) is 6.19. The van der Waals surface area contributed by atoms with Crippen LogP contribution >= 0.6 is 0 Å². The first-order valence-corrected chi connectivity index (χ1v) is 3.95. The minimum absolute atomic E-state index is 0.0125. The third-order valence-corrected chi connectivity index (χ3v) is 1.53. The van der Waals surface area contributed by atoms with Gasteiger partial charge >= 0.3 is 0 Å². The van der Waals surface area contributed by atoms with Gasteiger partial charge in [0.1, 0.15) is 5.78 Å². The van der Waals surface area contributed by atoms with Crippen molar-refractivity contribution in [2.45, 2.75) is 26.2 Å². The third-order valence-electron chi connectivity index (χ3n) is 1.53. The molecule has 3 nitrogen and oxygen atoms in total. The number of Topliss-reactive ketones (excluding diaryl/α,β-unsaturated/α-hetero) is 1. The van der Waals surface area contributed by atoms with Gasteiger partial charge < -0.3 is 9.69 Å². The molecule has 0 spiro atoms. The highest BCUT2D eigenvalue weighted by atomic mass is 19.3. The maximum Gasteiger partial charge on any atom is 0.255 e. The van der Waals surface area contributed by atoms with Gasteiger partial charge in [-0.1, -0.05) is 0 Å². The Morgan fingerprint density at radius 2 is 1.85 bits per heavy atom. The van der Waals surface area contributed by atoms with Gasteiger partial charge in [-0.2, -0.15) is 0 Å². The molecule has 0 heterocycles. The zero-order valence-corrected chi connectivity index (χ0v) is 7.72. The molecule has 0 fully saturated rings. The number of ketones is 1. The van der Waals surface area contributed by atoms with Crippen molar-refractivity contribution in [1.82, 2.24) is 4.90 Å². The molecule has 1 amide bonds. The lowest BCUT2D eigenvalue weighted by atomic mass is 10.2. The smallest absolute Gasteiger partial charge is 0.255 e. The Morgan fingerprint density at radius 1 is 1.31 bits per heavy atom. The molecule has 0 aliphatic rings. The van der Waals surface area contributed by atoms with Crippen LogP contribution in [-0.4, -0.2) is 36.6 Å². The van der Waals surface area contributed by atoms with Crippen molar-refractivity contribution in [3.8, 4) is 0 Å². The number of carbonyl (C=O) groups excluding carboxylic acids is 2. The number of hydrogen-bond acceptors (Lipinski definition) is 2. The average Bonchev–Trinajstić information content (AvgIpc) is 1.98. The van der Waals surface area contributed by atoms with E-state index >= 15 is 0 Å². The van der Waals surface area contributed by atoms with Crippen molar-refractivity contribution in [3.63, 3.8) is 0 Å². The molecular formula is C8H13F2NO2. The van der Waals surface area contributed by atoms with E-state index in [1.807, 2.05) is 0 Å². The molecule has 0 aromatic rings. The lowest BCUT2D eigenvalue weighted by molar-refractivity contribution is -0.133. The topological polar surface area (TPSA) is 37.4 Å². The number of rotatable bonds is 5. The summed E-state index contributed by atoms with van der Waals surface area (Å²) in [6.45, 7) is 0.789. The molecule has 0 unspecified atom stereocenters. The van der Waals surface area contributed by atoms with Gasteiger partial charge in [-0.25, -0.2) is 8.78 Å². The molecule has 0 saturated heterocycles. The molecule has 0 bridgehead atoms. The molecule has 0 atom stereocenters. The summed E-state index contributed by atoms with van der Waals surface area (Å²) in [6, 6.07) is 0. The van der Waals surface area contributed by atoms with Crippen molar-refractivity contribution in [1.29, 1.82) is 0 Å². The summed E-state index contributed by atoms with van der Waals surface area (Å²) < 4.78 is 23.6. The molecule has 13 heavy (non-hydrogen) atoms. The normalized spacial score (nSPS) is 10.2. The Kier molecular flexibility index (Phi) is 5.18. The summed E-state index contributed by atoms with van der Waals surface area (Å²) in [5.41, 5.74) is 0. The Bertz CT molecular complexity index is 195. The predicted molar refractivity (Wildman–Crippen MR) is 43.6 cm³/mol. The van der Waals surface area contributed by atoms with E-state index in [1.54, 1.807) is 0 Å². The number of alkyl halides is 2. The highest BCUT2D eigenvalue weighted by Gasteiger charge is 2.13. The van der Waals surface area contributed by atoms with E-state index in [2.05, 4.69) is 0 Å². The summed E-state index contributed by atoms with van der Waals surface area (Å²) >= 11 is 0. The average molecular weight is 193 g/mol. The molecule has 0 aliphatic carbocycles. The molecule has 0 N–H and O–H groups in total. The predicted octanol–water partition coefficient (Wildman–Crippen LogP) is 1.08. The highest BCUT2D eigenvalue weighted by molar-refractivity contribution is 5.83. The van der Waals surface area contributed by atoms with Gasteiger partial charge in [0, 0.05) is 19.9 Å². The molecular weight excluding hydrogens is 180 g/mol. The maximum atomic E-state index is 11.8. The summed E-state index contributed by atoms with van der Waals surface area (Å²) in [5, 5.41) is 0. The van der Waals surface area contributed by atoms with Gasteiger partial charge in [-0.15, -0.1) is 0 Å². The van der Waals surface area contributed by atoms with Crippen LogP contribution in [0.15, 0.2) is 0 Å². The molecule has 0 aromatic heterocycles. The van der Waals surface area contributed by atoms with Crippen molar-refractivity contribution in [3.05, 3.63) is 0 Å². The maximum absolute atomic E-state index is 11.8. The van der Waals surface area contributed by atoms with E-state index < -0.39 is 18.9 Å². The van der Waals surface area contributed by atoms with E-state index in [-0.39, 0.29) is 18.6 Å². The fraction of sp³-hybridized carbons (Fsp3) is 0.750. The SMILES string of the molecule is CC(=O)CCC(=O)N(C)CC(F)F. The Morgan fingerprint density at radius 3 is 2.23 bits per heavy atom. The van der Waals surface area contributed by atoms with Crippen LogP contribution in [0, 0.1) is 0 Å². The van der Waals surface area contributed by atoms with Gasteiger partial charge in [0.15, 0.2) is 0 Å². The van der Waals surface area contributed by atoms with Gasteiger partial charge in [0.2, 0.25) is 5.91 Å². The fourth-order valence-electron chi connectivity index (χ4n) is 0.783. The van der Waals surface area contributed by atoms with E-state index in [0.29, 0.717) is 0 Å². The largest absolute Gasteiger partial charge is 0.340 e. The number of amides is 1. The van der Waals surface area contributed by atoms with Crippen molar-refractivity contribution in [2.24, 2.45) is 0 Å². The van der Waals surface area contributed by atoms with E-state index in [1.165, 1.54) is 14.0 Å². The monoisotopic (exact) mass is 193 g/mol. The van der Waals surface area contributed by atoms with Crippen LogP contribution < -0.4 is 0 Å². The minimum Gasteiger partial charge on any atom is -0.340 e. The second kappa shape index (κ2) is 5.61. The zero-order chi connectivity index (χ0) is 10.4. The van der Waals surface area contributed by atoms with Gasteiger partial charge in [0.05, 0.1) is 6.54 Å². The summed E-state index contributed by atoms with van der Waals surface area (Å²) in [7, 11) is 1.30. The standard InChI is InChI=1S/C8H13F2NO2/c1-6(12)3-4-8(13)11(2)5-7(9)10/h7H,3-5H2,1-2H3. The molecule has 76 valence electrons. The van der Waals surface area contributed by atoms with E-state index in [9.17, 15) is 18.4 Å². The lowest BCUT2D eigenvalue weighted by Gasteiger charge is -2.15. The van der Waals surface area contributed by atoms with Gasteiger partial charge in [-0.05, 0) is 6.92 Å². The van der Waals surface area contributed by atoms with Crippen LogP contribution in [0.3, 0.4) is 0 Å². The first-order valence-electron chi connectivity index (χ1n) is 3.95. The van der Waals surface area contributed by atoms with Crippen molar-refractivity contribution >= 4 is 11.7 Å². The quantitative estimate of drug-likeness (QED) is 0.655. The van der Waals surface area contributed by atoms with Crippen LogP contribution in [0.25, 0.3) is 0 Å². The van der Waals surface area contributed by atoms with Crippen LogP contribution in [0.1, 0.15) is 19.8 Å². The molecule has 0 aromatic carbocycles. The lowest BCUT2D eigenvalue weighted by Crippen LogP contribution is -2.31. The van der Waals surface area contributed by atoms with Crippen LogP contribution in [0.5, 0.6) is 0 Å². The van der Waals surface area contributed by atoms with Crippen LogP contribution in [0.4, 0.5) is 8.78 Å².